The van der Waals surface area contributed by atoms with Gasteiger partial charge < -0.3 is 14.6 Å². The molecule has 36 heavy (non-hydrogen) atoms. The number of amides is 2. The van der Waals surface area contributed by atoms with Crippen molar-refractivity contribution < 1.29 is 18.0 Å². The molecule has 2 amide bonds. The number of imidazole rings is 1. The van der Waals surface area contributed by atoms with Crippen molar-refractivity contribution in [3.63, 3.8) is 0 Å². The molecule has 5 rings (SSSR count). The van der Waals surface area contributed by atoms with Crippen molar-refractivity contribution in [2.24, 2.45) is 5.41 Å². The number of carbonyl (C=O) groups excluding carboxylic acids is 2. The highest BCUT2D eigenvalue weighted by molar-refractivity contribution is 7.89. The molecule has 1 aromatic carbocycles. The van der Waals surface area contributed by atoms with E-state index < -0.39 is 10.0 Å². The molecule has 0 unspecified atom stereocenters. The van der Waals surface area contributed by atoms with Gasteiger partial charge in [-0.25, -0.2) is 13.4 Å². The predicted molar refractivity (Wildman–Crippen MR) is 135 cm³/mol. The van der Waals surface area contributed by atoms with Crippen LogP contribution in [0.3, 0.4) is 0 Å². The lowest BCUT2D eigenvalue weighted by atomic mass is 9.73. The molecule has 2 aliphatic rings. The predicted octanol–water partition coefficient (Wildman–Crippen LogP) is 2.68. The van der Waals surface area contributed by atoms with Gasteiger partial charge in [0.15, 0.2) is 0 Å². The fourth-order valence-corrected chi connectivity index (χ4v) is 6.79. The number of aromatic nitrogens is 2. The smallest absolute Gasteiger partial charge is 0.253 e. The maximum atomic E-state index is 13.3. The summed E-state index contributed by atoms with van der Waals surface area (Å²) in [5.74, 6) is -0.115. The molecule has 1 N–H and O–H groups in total. The number of nitrogens with zero attached hydrogens (tertiary/aromatic N) is 4. The van der Waals surface area contributed by atoms with Crippen LogP contribution in [-0.2, 0) is 21.4 Å². The standard InChI is InChI=1S/C26H31N5O4S/c1-20(32)30-13-2-9-26(19-30)10-14-31(15-11-26)36(34,35)23-6-3-21(4-7-23)17-28-25(33)22-5-8-24-27-12-16-29(24)18-22/h3-8,12,16,18H,2,9-11,13-15,17,19H2,1H3,(H,28,33). The number of benzene rings is 1. The van der Waals surface area contributed by atoms with Crippen LogP contribution in [-0.4, -0.2) is 65.0 Å². The number of carbonyl (C=O) groups is 2. The summed E-state index contributed by atoms with van der Waals surface area (Å²) in [6.45, 7) is 4.35. The van der Waals surface area contributed by atoms with Crippen LogP contribution < -0.4 is 5.32 Å². The molecule has 2 saturated heterocycles. The van der Waals surface area contributed by atoms with Gasteiger partial charge in [-0.05, 0) is 60.9 Å². The molecule has 3 aromatic rings. The number of hydrogen-bond acceptors (Lipinski definition) is 5. The van der Waals surface area contributed by atoms with Gasteiger partial charge in [-0.1, -0.05) is 12.1 Å². The van der Waals surface area contributed by atoms with Crippen molar-refractivity contribution in [2.75, 3.05) is 26.2 Å². The fraction of sp³-hybridized carbons (Fsp3) is 0.423. The molecule has 9 nitrogen and oxygen atoms in total. The van der Waals surface area contributed by atoms with Gasteiger partial charge in [0.1, 0.15) is 5.65 Å². The van der Waals surface area contributed by atoms with Gasteiger partial charge in [-0.2, -0.15) is 4.31 Å². The van der Waals surface area contributed by atoms with Gasteiger partial charge in [-0.15, -0.1) is 0 Å². The minimum Gasteiger partial charge on any atom is -0.348 e. The number of piperidine rings is 2. The Kier molecular flexibility index (Phi) is 6.57. The van der Waals surface area contributed by atoms with Gasteiger partial charge in [0.05, 0.1) is 10.5 Å². The molecule has 0 bridgehead atoms. The van der Waals surface area contributed by atoms with E-state index in [2.05, 4.69) is 10.3 Å². The van der Waals surface area contributed by atoms with Gasteiger partial charge in [0.2, 0.25) is 15.9 Å². The molecule has 1 spiro atoms. The third kappa shape index (κ3) is 4.87. The number of sulfonamides is 1. The zero-order valence-corrected chi connectivity index (χ0v) is 21.2. The molecule has 0 aliphatic carbocycles. The van der Waals surface area contributed by atoms with E-state index in [4.69, 9.17) is 0 Å². The molecular formula is C26H31N5O4S. The highest BCUT2D eigenvalue weighted by Crippen LogP contribution is 2.41. The Balaban J connectivity index is 1.18. The summed E-state index contributed by atoms with van der Waals surface area (Å²) in [4.78, 5) is 30.7. The molecule has 10 heteroatoms. The van der Waals surface area contributed by atoms with Crippen LogP contribution in [0.1, 0.15) is 48.5 Å². The number of nitrogens with one attached hydrogen (secondary N) is 1. The molecule has 0 saturated carbocycles. The van der Waals surface area contributed by atoms with Crippen molar-refractivity contribution in [1.82, 2.24) is 23.9 Å². The molecule has 2 aliphatic heterocycles. The van der Waals surface area contributed by atoms with Gasteiger partial charge in [0, 0.05) is 58.2 Å². The van der Waals surface area contributed by atoms with Crippen LogP contribution in [0.4, 0.5) is 0 Å². The number of hydrogen-bond donors (Lipinski definition) is 1. The van der Waals surface area contributed by atoms with E-state index in [1.165, 1.54) is 0 Å². The van der Waals surface area contributed by atoms with E-state index in [0.717, 1.165) is 50.0 Å². The zero-order chi connectivity index (χ0) is 25.3. The molecule has 0 radical (unpaired) electrons. The number of rotatable bonds is 5. The van der Waals surface area contributed by atoms with Crippen LogP contribution in [0, 0.1) is 5.41 Å². The summed E-state index contributed by atoms with van der Waals surface area (Å²) >= 11 is 0. The lowest BCUT2D eigenvalue weighted by Crippen LogP contribution is -2.51. The van der Waals surface area contributed by atoms with Crippen molar-refractivity contribution in [3.05, 3.63) is 66.1 Å². The second-order valence-electron chi connectivity index (χ2n) is 9.89. The minimum absolute atomic E-state index is 0.0282. The Morgan fingerprint density at radius 1 is 1.03 bits per heavy atom. The van der Waals surface area contributed by atoms with Gasteiger partial charge >= 0.3 is 0 Å². The van der Waals surface area contributed by atoms with Crippen molar-refractivity contribution >= 4 is 27.5 Å². The highest BCUT2D eigenvalue weighted by Gasteiger charge is 2.41. The SMILES string of the molecule is CC(=O)N1CCCC2(CCN(S(=O)(=O)c3ccc(CNC(=O)c4ccc5nccn5c4)cc3)CC2)C1. The van der Waals surface area contributed by atoms with E-state index in [9.17, 15) is 18.0 Å². The highest BCUT2D eigenvalue weighted by atomic mass is 32.2. The lowest BCUT2D eigenvalue weighted by molar-refractivity contribution is -0.133. The normalized spacial score (nSPS) is 18.4. The molecular weight excluding hydrogens is 478 g/mol. The molecule has 2 fully saturated rings. The number of pyridine rings is 1. The van der Waals surface area contributed by atoms with E-state index >= 15 is 0 Å². The number of fused-ring (bicyclic) bond motifs is 1. The summed E-state index contributed by atoms with van der Waals surface area (Å²) in [6.07, 6.45) is 8.73. The quantitative estimate of drug-likeness (QED) is 0.570. The second-order valence-corrected chi connectivity index (χ2v) is 11.8. The largest absolute Gasteiger partial charge is 0.348 e. The van der Waals surface area contributed by atoms with E-state index in [1.807, 2.05) is 4.90 Å². The minimum atomic E-state index is -3.60. The first-order chi connectivity index (χ1) is 17.3. The van der Waals surface area contributed by atoms with Gasteiger partial charge in [-0.3, -0.25) is 9.59 Å². The monoisotopic (exact) mass is 509 g/mol. The summed E-state index contributed by atoms with van der Waals surface area (Å²) < 4.78 is 29.9. The fourth-order valence-electron chi connectivity index (χ4n) is 5.35. The Labute approximate surface area is 211 Å². The van der Waals surface area contributed by atoms with Crippen LogP contribution >= 0.6 is 0 Å². The average Bonchev–Trinajstić information content (AvgIpc) is 3.36. The van der Waals surface area contributed by atoms with Crippen molar-refractivity contribution in [1.29, 1.82) is 0 Å². The molecule has 4 heterocycles. The number of likely N-dealkylation sites (tertiary alicyclic amines) is 1. The molecule has 2 aromatic heterocycles. The van der Waals surface area contributed by atoms with E-state index in [-0.39, 0.29) is 22.1 Å². The summed E-state index contributed by atoms with van der Waals surface area (Å²) in [5.41, 5.74) is 2.13. The van der Waals surface area contributed by atoms with E-state index in [1.54, 1.807) is 70.6 Å². The molecule has 0 atom stereocenters. The maximum absolute atomic E-state index is 13.3. The second kappa shape index (κ2) is 9.67. The first kappa shape index (κ1) is 24.5. The van der Waals surface area contributed by atoms with Crippen LogP contribution in [0.25, 0.3) is 5.65 Å². The van der Waals surface area contributed by atoms with Crippen LogP contribution in [0.15, 0.2) is 59.9 Å². The lowest BCUT2D eigenvalue weighted by Gasteiger charge is -2.47. The van der Waals surface area contributed by atoms with Crippen molar-refractivity contribution in [3.8, 4) is 0 Å². The summed E-state index contributed by atoms with van der Waals surface area (Å²) in [6, 6.07) is 10.2. The third-order valence-corrected chi connectivity index (χ3v) is 9.47. The summed E-state index contributed by atoms with van der Waals surface area (Å²) in [5, 5.41) is 2.88. The Morgan fingerprint density at radius 3 is 2.50 bits per heavy atom. The zero-order valence-electron chi connectivity index (χ0n) is 20.4. The first-order valence-electron chi connectivity index (χ1n) is 12.3. The van der Waals surface area contributed by atoms with Crippen LogP contribution in [0.5, 0.6) is 0 Å². The maximum Gasteiger partial charge on any atom is 0.253 e. The van der Waals surface area contributed by atoms with E-state index in [0.29, 0.717) is 25.2 Å². The summed E-state index contributed by atoms with van der Waals surface area (Å²) in [7, 11) is -3.60. The Morgan fingerprint density at radius 2 is 1.78 bits per heavy atom. The average molecular weight is 510 g/mol. The Hall–Kier alpha value is -3.24. The van der Waals surface area contributed by atoms with Crippen LogP contribution in [0.2, 0.25) is 0 Å². The molecule has 190 valence electrons. The van der Waals surface area contributed by atoms with Gasteiger partial charge in [0.25, 0.3) is 5.91 Å². The van der Waals surface area contributed by atoms with Crippen molar-refractivity contribution in [2.45, 2.75) is 44.0 Å². The third-order valence-electron chi connectivity index (χ3n) is 7.55. The topological polar surface area (TPSA) is 104 Å². The first-order valence-corrected chi connectivity index (χ1v) is 13.8. The Bertz CT molecular complexity index is 1370.